The van der Waals surface area contributed by atoms with Crippen molar-refractivity contribution in [2.24, 2.45) is 0 Å². The molecule has 34 heavy (non-hydrogen) atoms. The second-order valence-corrected chi connectivity index (χ2v) is 8.41. The van der Waals surface area contributed by atoms with Crippen LogP contribution in [0.1, 0.15) is 20.3 Å². The van der Waals surface area contributed by atoms with Crippen molar-refractivity contribution >= 4 is 45.4 Å². The minimum atomic E-state index is -0.257. The number of para-hydroxylation sites is 1. The number of carbonyl (C=O) groups excluding carboxylic acids is 1. The van der Waals surface area contributed by atoms with Gasteiger partial charge in [0.05, 0.1) is 12.4 Å². The van der Waals surface area contributed by atoms with Gasteiger partial charge in [-0.3, -0.25) is 14.2 Å². The first-order chi connectivity index (χ1) is 16.6. The van der Waals surface area contributed by atoms with E-state index in [2.05, 4.69) is 5.32 Å². The lowest BCUT2D eigenvalue weighted by molar-refractivity contribution is -0.113. The number of amides is 1. The van der Waals surface area contributed by atoms with Crippen LogP contribution in [0.4, 0.5) is 5.69 Å². The molecule has 0 fully saturated rings. The van der Waals surface area contributed by atoms with Crippen LogP contribution in [-0.4, -0.2) is 41.0 Å². The molecule has 0 bridgehead atoms. The van der Waals surface area contributed by atoms with E-state index < -0.39 is 0 Å². The zero-order valence-electron chi connectivity index (χ0n) is 19.2. The van der Waals surface area contributed by atoms with Gasteiger partial charge in [-0.15, -0.1) is 0 Å². The summed E-state index contributed by atoms with van der Waals surface area (Å²) >= 11 is 1.22. The lowest BCUT2D eigenvalue weighted by Gasteiger charge is -2.12. The van der Waals surface area contributed by atoms with Crippen molar-refractivity contribution in [3.63, 3.8) is 0 Å². The number of carbonyl (C=O) groups is 1. The second kappa shape index (κ2) is 11.2. The maximum absolute atomic E-state index is 13.3. The number of aromatic nitrogens is 2. The van der Waals surface area contributed by atoms with E-state index in [4.69, 9.17) is 18.9 Å². The van der Waals surface area contributed by atoms with Crippen molar-refractivity contribution in [2.45, 2.75) is 32.0 Å². The minimum absolute atomic E-state index is 0.104. The van der Waals surface area contributed by atoms with E-state index in [1.54, 1.807) is 16.7 Å². The van der Waals surface area contributed by atoms with E-state index in [0.717, 1.165) is 11.1 Å². The first-order valence-electron chi connectivity index (χ1n) is 11.3. The standard InChI is InChI=1S/C25H27N3O5S/c1-3-31-15-7-14-28-24(30)23-22(19-8-5-6-9-20(19)33-23)27-25(28)34-16-21(29)26-17-10-12-18(13-11-17)32-4-2/h5-6,8-13H,3-4,7,14-16H2,1-2H3,(H,26,29). The summed E-state index contributed by atoms with van der Waals surface area (Å²) < 4.78 is 18.2. The monoisotopic (exact) mass is 481 g/mol. The zero-order chi connectivity index (χ0) is 23.9. The Balaban J connectivity index is 1.55. The highest BCUT2D eigenvalue weighted by molar-refractivity contribution is 7.99. The first-order valence-corrected chi connectivity index (χ1v) is 12.2. The highest BCUT2D eigenvalue weighted by atomic mass is 32.2. The largest absolute Gasteiger partial charge is 0.494 e. The normalized spacial score (nSPS) is 11.2. The lowest BCUT2D eigenvalue weighted by atomic mass is 10.2. The molecule has 2 aromatic carbocycles. The van der Waals surface area contributed by atoms with E-state index in [1.165, 1.54) is 11.8 Å². The molecule has 1 amide bonds. The third-order valence-electron chi connectivity index (χ3n) is 5.10. The SMILES string of the molecule is CCOCCCn1c(SCC(=O)Nc2ccc(OCC)cc2)nc2c(oc3ccccc32)c1=O. The number of rotatable bonds is 11. The van der Waals surface area contributed by atoms with E-state index in [1.807, 2.05) is 50.2 Å². The lowest BCUT2D eigenvalue weighted by Crippen LogP contribution is -2.24. The Hall–Kier alpha value is -3.30. The van der Waals surface area contributed by atoms with Gasteiger partial charge in [0.1, 0.15) is 16.8 Å². The van der Waals surface area contributed by atoms with E-state index in [9.17, 15) is 9.59 Å². The van der Waals surface area contributed by atoms with Crippen molar-refractivity contribution < 1.29 is 18.7 Å². The number of thioether (sulfide) groups is 1. The number of benzene rings is 2. The molecule has 9 heteroatoms. The number of nitrogens with one attached hydrogen (secondary N) is 1. The smallest absolute Gasteiger partial charge is 0.297 e. The van der Waals surface area contributed by atoms with Crippen LogP contribution in [0.15, 0.2) is 62.9 Å². The van der Waals surface area contributed by atoms with Gasteiger partial charge in [-0.2, -0.15) is 0 Å². The van der Waals surface area contributed by atoms with E-state index >= 15 is 0 Å². The van der Waals surface area contributed by atoms with Crippen LogP contribution in [0.5, 0.6) is 5.75 Å². The van der Waals surface area contributed by atoms with Gasteiger partial charge in [-0.05, 0) is 56.7 Å². The summed E-state index contributed by atoms with van der Waals surface area (Å²) in [6, 6.07) is 14.6. The molecule has 4 aromatic rings. The molecule has 2 heterocycles. The molecule has 1 N–H and O–H groups in total. The van der Waals surface area contributed by atoms with Crippen molar-refractivity contribution in [3.8, 4) is 5.75 Å². The van der Waals surface area contributed by atoms with Crippen LogP contribution in [0.25, 0.3) is 22.1 Å². The minimum Gasteiger partial charge on any atom is -0.494 e. The predicted octanol–water partition coefficient (Wildman–Crippen LogP) is 4.70. The highest BCUT2D eigenvalue weighted by Crippen LogP contribution is 2.27. The molecule has 0 aliphatic rings. The molecule has 0 saturated heterocycles. The molecule has 0 unspecified atom stereocenters. The van der Waals surface area contributed by atoms with Gasteiger partial charge in [0, 0.05) is 30.8 Å². The van der Waals surface area contributed by atoms with Crippen LogP contribution in [0, 0.1) is 0 Å². The number of fused-ring (bicyclic) bond motifs is 3. The van der Waals surface area contributed by atoms with Crippen molar-refractivity contribution in [2.75, 3.05) is 30.9 Å². The number of anilines is 1. The Kier molecular flexibility index (Phi) is 7.87. The van der Waals surface area contributed by atoms with Crippen LogP contribution in [0.3, 0.4) is 0 Å². The number of hydrogen-bond donors (Lipinski definition) is 1. The van der Waals surface area contributed by atoms with E-state index in [-0.39, 0.29) is 22.8 Å². The average Bonchev–Trinajstić information content (AvgIpc) is 3.22. The third kappa shape index (κ3) is 5.43. The number of nitrogens with zero attached hydrogens (tertiary/aromatic N) is 2. The summed E-state index contributed by atoms with van der Waals surface area (Å²) in [7, 11) is 0. The topological polar surface area (TPSA) is 95.6 Å². The molecule has 0 saturated carbocycles. The Bertz CT molecular complexity index is 1330. The fraction of sp³-hybridized carbons (Fsp3) is 0.320. The maximum atomic E-state index is 13.3. The summed E-state index contributed by atoms with van der Waals surface area (Å²) in [6.07, 6.45) is 0.646. The van der Waals surface area contributed by atoms with Gasteiger partial charge in [-0.25, -0.2) is 4.98 Å². The Morgan fingerprint density at radius 1 is 1.12 bits per heavy atom. The molecule has 8 nitrogen and oxygen atoms in total. The second-order valence-electron chi connectivity index (χ2n) is 7.47. The first kappa shape index (κ1) is 23.8. The number of hydrogen-bond acceptors (Lipinski definition) is 7. The molecule has 0 aliphatic carbocycles. The molecular formula is C25H27N3O5S. The van der Waals surface area contributed by atoms with Gasteiger partial charge in [0.15, 0.2) is 5.16 Å². The summed E-state index contributed by atoms with van der Waals surface area (Å²) in [5.41, 5.74) is 1.76. The zero-order valence-corrected chi connectivity index (χ0v) is 20.0. The molecule has 0 aliphatic heterocycles. The number of ether oxygens (including phenoxy) is 2. The number of furan rings is 1. The van der Waals surface area contributed by atoms with Gasteiger partial charge in [0.2, 0.25) is 11.5 Å². The maximum Gasteiger partial charge on any atom is 0.297 e. The molecule has 0 atom stereocenters. The van der Waals surface area contributed by atoms with Crippen molar-refractivity contribution in [3.05, 3.63) is 58.9 Å². The summed E-state index contributed by atoms with van der Waals surface area (Å²) in [5.74, 6) is 0.657. The van der Waals surface area contributed by atoms with Gasteiger partial charge in [0.25, 0.3) is 5.56 Å². The van der Waals surface area contributed by atoms with E-state index in [0.29, 0.717) is 54.7 Å². The molecule has 178 valence electrons. The Labute approximate surface area is 201 Å². The molecule has 0 radical (unpaired) electrons. The van der Waals surface area contributed by atoms with Crippen LogP contribution in [-0.2, 0) is 16.1 Å². The molecule has 0 spiro atoms. The van der Waals surface area contributed by atoms with Gasteiger partial charge >= 0.3 is 0 Å². The quantitative estimate of drug-likeness (QED) is 0.188. The van der Waals surface area contributed by atoms with Gasteiger partial charge < -0.3 is 19.2 Å². The molecular weight excluding hydrogens is 454 g/mol. The summed E-state index contributed by atoms with van der Waals surface area (Å²) in [6.45, 7) is 5.99. The Morgan fingerprint density at radius 3 is 2.68 bits per heavy atom. The van der Waals surface area contributed by atoms with Crippen LogP contribution in [0.2, 0.25) is 0 Å². The summed E-state index contributed by atoms with van der Waals surface area (Å²) in [5, 5.41) is 4.12. The molecule has 4 rings (SSSR count). The van der Waals surface area contributed by atoms with Crippen molar-refractivity contribution in [1.29, 1.82) is 0 Å². The average molecular weight is 482 g/mol. The van der Waals surface area contributed by atoms with Crippen LogP contribution < -0.4 is 15.6 Å². The molecule has 2 aromatic heterocycles. The fourth-order valence-electron chi connectivity index (χ4n) is 3.56. The fourth-order valence-corrected chi connectivity index (χ4v) is 4.38. The van der Waals surface area contributed by atoms with Crippen LogP contribution >= 0.6 is 11.8 Å². The Morgan fingerprint density at radius 2 is 1.91 bits per heavy atom. The van der Waals surface area contributed by atoms with Gasteiger partial charge in [-0.1, -0.05) is 23.9 Å². The van der Waals surface area contributed by atoms with Crippen molar-refractivity contribution in [1.82, 2.24) is 9.55 Å². The highest BCUT2D eigenvalue weighted by Gasteiger charge is 2.18. The summed E-state index contributed by atoms with van der Waals surface area (Å²) in [4.78, 5) is 30.6. The third-order valence-corrected chi connectivity index (χ3v) is 6.08. The predicted molar refractivity (Wildman–Crippen MR) is 134 cm³/mol.